The third-order valence-electron chi connectivity index (χ3n) is 3.53. The van der Waals surface area contributed by atoms with Gasteiger partial charge in [0, 0.05) is 5.56 Å². The molecule has 0 unspecified atom stereocenters. The number of hydrogen-bond donors (Lipinski definition) is 0. The number of hydrogen-bond acceptors (Lipinski definition) is 4. The fourth-order valence-corrected chi connectivity index (χ4v) is 2.72. The van der Waals surface area contributed by atoms with Gasteiger partial charge in [0.05, 0.1) is 14.2 Å². The molecule has 102 valence electrons. The van der Waals surface area contributed by atoms with Crippen LogP contribution in [0.1, 0.15) is 30.9 Å². The van der Waals surface area contributed by atoms with Gasteiger partial charge in [-0.1, -0.05) is 18.5 Å². The summed E-state index contributed by atoms with van der Waals surface area (Å²) < 4.78 is 10.7. The minimum Gasteiger partial charge on any atom is -0.495 e. The maximum Gasteiger partial charge on any atom is 0.235 e. The molecule has 1 fully saturated rings. The van der Waals surface area contributed by atoms with Gasteiger partial charge in [-0.15, -0.1) is 0 Å². The van der Waals surface area contributed by atoms with E-state index in [2.05, 4.69) is 4.99 Å². The van der Waals surface area contributed by atoms with E-state index in [9.17, 15) is 4.79 Å². The lowest BCUT2D eigenvalue weighted by atomic mass is 9.99. The second kappa shape index (κ2) is 5.24. The van der Waals surface area contributed by atoms with Crippen LogP contribution < -0.4 is 9.47 Å². The summed E-state index contributed by atoms with van der Waals surface area (Å²) in [6.45, 7) is 2.02. The van der Waals surface area contributed by atoms with Crippen LogP contribution in [0.15, 0.2) is 11.1 Å². The maximum absolute atomic E-state index is 10.6. The van der Waals surface area contributed by atoms with Crippen LogP contribution in [0.3, 0.4) is 0 Å². The highest BCUT2D eigenvalue weighted by Crippen LogP contribution is 2.55. The lowest BCUT2D eigenvalue weighted by Crippen LogP contribution is -2.08. The van der Waals surface area contributed by atoms with Gasteiger partial charge < -0.3 is 9.47 Å². The van der Waals surface area contributed by atoms with Gasteiger partial charge in [0.15, 0.2) is 0 Å². The van der Waals surface area contributed by atoms with Crippen molar-refractivity contribution in [1.82, 2.24) is 0 Å². The number of methoxy groups -OCH3 is 2. The molecule has 0 bridgehead atoms. The highest BCUT2D eigenvalue weighted by molar-refractivity contribution is 6.33. The van der Waals surface area contributed by atoms with Crippen LogP contribution in [-0.2, 0) is 16.8 Å². The molecule has 0 N–H and O–H groups in total. The Morgan fingerprint density at radius 2 is 2.00 bits per heavy atom. The molecule has 0 radical (unpaired) electrons. The molecule has 0 aliphatic heterocycles. The molecule has 4 nitrogen and oxygen atoms in total. The fourth-order valence-electron chi connectivity index (χ4n) is 2.34. The first kappa shape index (κ1) is 13.9. The molecule has 0 saturated heterocycles. The van der Waals surface area contributed by atoms with Gasteiger partial charge in [-0.3, -0.25) is 0 Å². The summed E-state index contributed by atoms with van der Waals surface area (Å²) in [6.07, 6.45) is 4.05. The Hall–Kier alpha value is -1.51. The third-order valence-corrected chi connectivity index (χ3v) is 3.87. The molecule has 1 saturated carbocycles. The van der Waals surface area contributed by atoms with Gasteiger partial charge in [-0.05, 0) is 30.9 Å². The number of aryl methyl sites for hydroxylation is 1. The van der Waals surface area contributed by atoms with E-state index < -0.39 is 5.54 Å². The molecule has 5 heteroatoms. The molecule has 1 aliphatic carbocycles. The van der Waals surface area contributed by atoms with E-state index in [1.165, 1.54) is 0 Å². The van der Waals surface area contributed by atoms with Crippen LogP contribution in [0.5, 0.6) is 11.5 Å². The molecule has 2 rings (SSSR count). The van der Waals surface area contributed by atoms with Crippen LogP contribution in [0.4, 0.5) is 0 Å². The zero-order valence-corrected chi connectivity index (χ0v) is 12.0. The molecule has 1 aromatic rings. The Balaban J connectivity index is 2.67. The second-order valence-corrected chi connectivity index (χ2v) is 4.93. The summed E-state index contributed by atoms with van der Waals surface area (Å²) in [7, 11) is 3.13. The fraction of sp³-hybridized carbons (Fsp3) is 0.500. The van der Waals surface area contributed by atoms with Gasteiger partial charge in [-0.2, -0.15) is 4.99 Å². The molecule has 0 amide bonds. The van der Waals surface area contributed by atoms with Crippen molar-refractivity contribution in [1.29, 1.82) is 0 Å². The van der Waals surface area contributed by atoms with Crippen molar-refractivity contribution in [2.45, 2.75) is 31.7 Å². The number of nitrogens with zero attached hydrogens (tertiary/aromatic N) is 1. The van der Waals surface area contributed by atoms with E-state index in [-0.39, 0.29) is 0 Å². The smallest absolute Gasteiger partial charge is 0.235 e. The Morgan fingerprint density at radius 1 is 1.37 bits per heavy atom. The molecular formula is C14H16ClNO3. The summed E-state index contributed by atoms with van der Waals surface area (Å²) in [4.78, 5) is 14.5. The average Bonchev–Trinajstić information content (AvgIpc) is 3.18. The largest absolute Gasteiger partial charge is 0.495 e. The lowest BCUT2D eigenvalue weighted by Gasteiger charge is -2.19. The van der Waals surface area contributed by atoms with Crippen molar-refractivity contribution < 1.29 is 14.3 Å². The van der Waals surface area contributed by atoms with Gasteiger partial charge in [0.1, 0.15) is 22.1 Å². The van der Waals surface area contributed by atoms with Gasteiger partial charge >= 0.3 is 0 Å². The molecule has 1 aliphatic rings. The SMILES string of the molecule is CCc1cc(C2(N=C=O)CC2)c(OC)c(Cl)c1OC. The minimum absolute atomic E-state index is 0.437. The average molecular weight is 282 g/mol. The Bertz CT molecular complexity index is 546. The standard InChI is InChI=1S/C14H16ClNO3/c1-4-9-7-10(14(5-6-14)16-8-17)13(19-3)11(15)12(9)18-2/h7H,4-6H2,1-3H3. The molecule has 1 aromatic carbocycles. The van der Waals surface area contributed by atoms with Gasteiger partial charge in [0.25, 0.3) is 0 Å². The number of ether oxygens (including phenoxy) is 2. The van der Waals surface area contributed by atoms with Gasteiger partial charge in [-0.25, -0.2) is 4.79 Å². The number of halogens is 1. The minimum atomic E-state index is -0.507. The quantitative estimate of drug-likeness (QED) is 0.615. The van der Waals surface area contributed by atoms with Crippen molar-refractivity contribution in [2.75, 3.05) is 14.2 Å². The monoisotopic (exact) mass is 281 g/mol. The van der Waals surface area contributed by atoms with Crippen LogP contribution in [0.25, 0.3) is 0 Å². The third kappa shape index (κ3) is 2.22. The van der Waals surface area contributed by atoms with Crippen LogP contribution >= 0.6 is 11.6 Å². The summed E-state index contributed by atoms with van der Waals surface area (Å²) >= 11 is 6.34. The highest BCUT2D eigenvalue weighted by atomic mass is 35.5. The van der Waals surface area contributed by atoms with Crippen molar-refractivity contribution in [3.05, 3.63) is 22.2 Å². The molecule has 0 atom stereocenters. The molecule has 0 spiro atoms. The number of isocyanates is 1. The summed E-state index contributed by atoms with van der Waals surface area (Å²) in [5.74, 6) is 1.16. The normalized spacial score (nSPS) is 15.6. The second-order valence-electron chi connectivity index (χ2n) is 4.55. The Morgan fingerprint density at radius 3 is 2.42 bits per heavy atom. The molecule has 0 heterocycles. The molecule has 19 heavy (non-hydrogen) atoms. The number of carbonyl (C=O) groups excluding carboxylic acids is 1. The van der Waals surface area contributed by atoms with E-state index in [4.69, 9.17) is 21.1 Å². The predicted molar refractivity (Wildman–Crippen MR) is 73.0 cm³/mol. The van der Waals surface area contributed by atoms with E-state index >= 15 is 0 Å². The molecule has 0 aromatic heterocycles. The van der Waals surface area contributed by atoms with Crippen molar-refractivity contribution in [3.63, 3.8) is 0 Å². The van der Waals surface area contributed by atoms with E-state index in [1.807, 2.05) is 13.0 Å². The summed E-state index contributed by atoms with van der Waals surface area (Å²) in [6, 6.07) is 1.97. The Labute approximate surface area is 117 Å². The first-order valence-corrected chi connectivity index (χ1v) is 6.54. The van der Waals surface area contributed by atoms with Gasteiger partial charge in [0.2, 0.25) is 6.08 Å². The van der Waals surface area contributed by atoms with Crippen LogP contribution in [0, 0.1) is 0 Å². The lowest BCUT2D eigenvalue weighted by molar-refractivity contribution is 0.385. The number of rotatable bonds is 5. The summed E-state index contributed by atoms with van der Waals surface area (Å²) in [5, 5.41) is 0.437. The molecular weight excluding hydrogens is 266 g/mol. The Kier molecular flexibility index (Phi) is 3.83. The van der Waals surface area contributed by atoms with Crippen molar-refractivity contribution in [2.24, 2.45) is 4.99 Å². The zero-order valence-electron chi connectivity index (χ0n) is 11.2. The first-order valence-electron chi connectivity index (χ1n) is 6.16. The topological polar surface area (TPSA) is 47.9 Å². The highest BCUT2D eigenvalue weighted by Gasteiger charge is 2.48. The van der Waals surface area contributed by atoms with E-state index in [0.717, 1.165) is 30.4 Å². The number of aliphatic imine (C=N–C) groups is 1. The van der Waals surface area contributed by atoms with E-state index in [0.29, 0.717) is 16.5 Å². The first-order chi connectivity index (χ1) is 9.13. The zero-order chi connectivity index (χ0) is 14.0. The maximum atomic E-state index is 10.6. The number of benzene rings is 1. The summed E-state index contributed by atoms with van der Waals surface area (Å²) in [5.41, 5.74) is 1.32. The van der Waals surface area contributed by atoms with Crippen LogP contribution in [-0.4, -0.2) is 20.3 Å². The van der Waals surface area contributed by atoms with Crippen molar-refractivity contribution in [3.8, 4) is 11.5 Å². The van der Waals surface area contributed by atoms with E-state index in [1.54, 1.807) is 20.3 Å². The van der Waals surface area contributed by atoms with Crippen molar-refractivity contribution >= 4 is 17.7 Å². The predicted octanol–water partition coefficient (Wildman–Crippen LogP) is 3.24. The van der Waals surface area contributed by atoms with Crippen LogP contribution in [0.2, 0.25) is 5.02 Å².